The van der Waals surface area contributed by atoms with E-state index in [1.165, 1.54) is 0 Å². The third-order valence-corrected chi connectivity index (χ3v) is 6.45. The zero-order valence-electron chi connectivity index (χ0n) is 13.4. The van der Waals surface area contributed by atoms with Crippen molar-refractivity contribution in [1.29, 1.82) is 0 Å². The van der Waals surface area contributed by atoms with Gasteiger partial charge in [-0.1, -0.05) is 18.9 Å². The third kappa shape index (κ3) is 3.30. The summed E-state index contributed by atoms with van der Waals surface area (Å²) in [6.07, 6.45) is 3.83. The first-order valence-corrected chi connectivity index (χ1v) is 9.07. The van der Waals surface area contributed by atoms with Gasteiger partial charge in [0.15, 0.2) is 0 Å². The third-order valence-electron chi connectivity index (χ3n) is 4.69. The minimum atomic E-state index is -3.53. The van der Waals surface area contributed by atoms with Gasteiger partial charge in [-0.2, -0.15) is 0 Å². The lowest BCUT2D eigenvalue weighted by atomic mass is 9.92. The van der Waals surface area contributed by atoms with Crippen LogP contribution in [-0.2, 0) is 10.0 Å². The smallest absolute Gasteiger partial charge is 0.241 e. The van der Waals surface area contributed by atoms with Crippen LogP contribution in [0.3, 0.4) is 0 Å². The van der Waals surface area contributed by atoms with Gasteiger partial charge in [0.05, 0.1) is 4.90 Å². The SMILES string of the molecule is Cc1cc(C)c(C)c(S(=O)(=O)NC2CCCCC2N)c1C. The Morgan fingerprint density at radius 1 is 1.05 bits per heavy atom. The van der Waals surface area contributed by atoms with Crippen molar-refractivity contribution in [2.45, 2.75) is 70.4 Å². The van der Waals surface area contributed by atoms with Crippen LogP contribution >= 0.6 is 0 Å². The largest absolute Gasteiger partial charge is 0.326 e. The molecule has 2 unspecified atom stereocenters. The number of rotatable bonds is 3. The van der Waals surface area contributed by atoms with Crippen LogP contribution < -0.4 is 10.5 Å². The van der Waals surface area contributed by atoms with Crippen molar-refractivity contribution in [2.24, 2.45) is 5.73 Å². The lowest BCUT2D eigenvalue weighted by Gasteiger charge is -2.29. The molecule has 0 radical (unpaired) electrons. The van der Waals surface area contributed by atoms with Crippen molar-refractivity contribution in [3.63, 3.8) is 0 Å². The fraction of sp³-hybridized carbons (Fsp3) is 0.625. The number of hydrogen-bond donors (Lipinski definition) is 2. The van der Waals surface area contributed by atoms with Crippen LogP contribution in [0.15, 0.2) is 11.0 Å². The molecule has 3 N–H and O–H groups in total. The first-order chi connectivity index (χ1) is 9.74. The average molecular weight is 310 g/mol. The molecule has 0 bridgehead atoms. The van der Waals surface area contributed by atoms with Crippen molar-refractivity contribution in [2.75, 3.05) is 0 Å². The molecule has 118 valence electrons. The van der Waals surface area contributed by atoms with Crippen LogP contribution in [0.4, 0.5) is 0 Å². The monoisotopic (exact) mass is 310 g/mol. The zero-order valence-corrected chi connectivity index (χ0v) is 14.2. The topological polar surface area (TPSA) is 72.2 Å². The second kappa shape index (κ2) is 6.07. The first kappa shape index (κ1) is 16.5. The highest BCUT2D eigenvalue weighted by Gasteiger charge is 2.29. The van der Waals surface area contributed by atoms with Gasteiger partial charge < -0.3 is 5.73 Å². The maximum absolute atomic E-state index is 12.8. The summed E-state index contributed by atoms with van der Waals surface area (Å²) in [5.41, 5.74) is 9.74. The summed E-state index contributed by atoms with van der Waals surface area (Å²) in [6.45, 7) is 7.65. The second-order valence-electron chi connectivity index (χ2n) is 6.27. The molecule has 4 nitrogen and oxygen atoms in total. The highest BCUT2D eigenvalue weighted by molar-refractivity contribution is 7.89. The second-order valence-corrected chi connectivity index (χ2v) is 7.92. The molecule has 1 saturated carbocycles. The van der Waals surface area contributed by atoms with E-state index in [0.29, 0.717) is 4.90 Å². The van der Waals surface area contributed by atoms with Crippen molar-refractivity contribution >= 4 is 10.0 Å². The fourth-order valence-electron chi connectivity index (χ4n) is 3.15. The van der Waals surface area contributed by atoms with Crippen molar-refractivity contribution in [3.8, 4) is 0 Å². The molecule has 2 rings (SSSR count). The van der Waals surface area contributed by atoms with Gasteiger partial charge >= 0.3 is 0 Å². The molecule has 0 amide bonds. The Kier molecular flexibility index (Phi) is 4.76. The van der Waals surface area contributed by atoms with Crippen LogP contribution in [0, 0.1) is 27.7 Å². The summed E-state index contributed by atoms with van der Waals surface area (Å²) in [6, 6.07) is 1.80. The summed E-state index contributed by atoms with van der Waals surface area (Å²) in [7, 11) is -3.53. The van der Waals surface area contributed by atoms with Gasteiger partial charge in [0, 0.05) is 12.1 Å². The number of benzene rings is 1. The van der Waals surface area contributed by atoms with Crippen molar-refractivity contribution < 1.29 is 8.42 Å². The molecular formula is C16H26N2O2S. The Balaban J connectivity index is 2.40. The summed E-state index contributed by atoms with van der Waals surface area (Å²) in [5.74, 6) is 0. The highest BCUT2D eigenvalue weighted by Crippen LogP contribution is 2.27. The highest BCUT2D eigenvalue weighted by atomic mass is 32.2. The minimum absolute atomic E-state index is 0.0833. The predicted octanol–water partition coefficient (Wildman–Crippen LogP) is 2.47. The molecule has 21 heavy (non-hydrogen) atoms. The van der Waals surface area contributed by atoms with Crippen molar-refractivity contribution in [1.82, 2.24) is 4.72 Å². The first-order valence-electron chi connectivity index (χ1n) is 7.59. The summed E-state index contributed by atoms with van der Waals surface area (Å²) < 4.78 is 28.5. The van der Waals surface area contributed by atoms with E-state index < -0.39 is 10.0 Å². The van der Waals surface area contributed by atoms with Gasteiger partial charge in [-0.15, -0.1) is 0 Å². The molecule has 0 aromatic heterocycles. The number of aryl methyl sites for hydroxylation is 2. The minimum Gasteiger partial charge on any atom is -0.326 e. The van der Waals surface area contributed by atoms with E-state index in [1.807, 2.05) is 33.8 Å². The normalized spacial score (nSPS) is 23.3. The molecule has 5 heteroatoms. The van der Waals surface area contributed by atoms with E-state index >= 15 is 0 Å². The summed E-state index contributed by atoms with van der Waals surface area (Å²) in [4.78, 5) is 0.428. The van der Waals surface area contributed by atoms with E-state index in [4.69, 9.17) is 5.73 Å². The van der Waals surface area contributed by atoms with Gasteiger partial charge in [-0.3, -0.25) is 0 Å². The number of nitrogens with two attached hydrogens (primary N) is 1. The standard InChI is InChI=1S/C16H26N2O2S/c1-10-9-11(2)13(4)16(12(10)3)21(19,20)18-15-8-6-5-7-14(15)17/h9,14-15,18H,5-8,17H2,1-4H3. The van der Waals surface area contributed by atoms with Gasteiger partial charge in [0.1, 0.15) is 0 Å². The van der Waals surface area contributed by atoms with Crippen LogP contribution in [0.2, 0.25) is 0 Å². The predicted molar refractivity (Wildman–Crippen MR) is 85.9 cm³/mol. The maximum atomic E-state index is 12.8. The number of sulfonamides is 1. The molecule has 1 aromatic rings. The van der Waals surface area contributed by atoms with E-state index in [0.717, 1.165) is 47.9 Å². The Hall–Kier alpha value is -0.910. The van der Waals surface area contributed by atoms with Gasteiger partial charge in [-0.25, -0.2) is 13.1 Å². The molecule has 1 fully saturated rings. The fourth-order valence-corrected chi connectivity index (χ4v) is 5.09. The molecule has 1 aliphatic carbocycles. The van der Waals surface area contributed by atoms with Crippen molar-refractivity contribution in [3.05, 3.63) is 28.3 Å². The van der Waals surface area contributed by atoms with E-state index in [1.54, 1.807) is 0 Å². The van der Waals surface area contributed by atoms with E-state index in [-0.39, 0.29) is 12.1 Å². The molecule has 0 heterocycles. The number of hydrogen-bond acceptors (Lipinski definition) is 3. The Morgan fingerprint density at radius 2 is 1.57 bits per heavy atom. The molecule has 0 spiro atoms. The summed E-state index contributed by atoms with van der Waals surface area (Å²) in [5, 5.41) is 0. The molecule has 1 aliphatic rings. The molecule has 0 aliphatic heterocycles. The Morgan fingerprint density at radius 3 is 2.10 bits per heavy atom. The molecular weight excluding hydrogens is 284 g/mol. The van der Waals surface area contributed by atoms with Crippen LogP contribution in [-0.4, -0.2) is 20.5 Å². The maximum Gasteiger partial charge on any atom is 0.241 e. The van der Waals surface area contributed by atoms with Crippen LogP contribution in [0.25, 0.3) is 0 Å². The van der Waals surface area contributed by atoms with E-state index in [9.17, 15) is 8.42 Å². The average Bonchev–Trinajstić information content (AvgIpc) is 2.39. The van der Waals surface area contributed by atoms with Gasteiger partial charge in [-0.05, 0) is 62.8 Å². The van der Waals surface area contributed by atoms with Crippen LogP contribution in [0.1, 0.15) is 47.9 Å². The quantitative estimate of drug-likeness (QED) is 0.901. The Labute approximate surface area is 128 Å². The lowest BCUT2D eigenvalue weighted by Crippen LogP contribution is -2.49. The lowest BCUT2D eigenvalue weighted by molar-refractivity contribution is 0.361. The summed E-state index contributed by atoms with van der Waals surface area (Å²) >= 11 is 0. The number of nitrogens with one attached hydrogen (secondary N) is 1. The van der Waals surface area contributed by atoms with Crippen LogP contribution in [0.5, 0.6) is 0 Å². The zero-order chi connectivity index (χ0) is 15.8. The van der Waals surface area contributed by atoms with Gasteiger partial charge in [0.25, 0.3) is 0 Å². The molecule has 0 saturated heterocycles. The molecule has 2 atom stereocenters. The van der Waals surface area contributed by atoms with E-state index in [2.05, 4.69) is 4.72 Å². The molecule has 1 aromatic carbocycles. The van der Waals surface area contributed by atoms with Gasteiger partial charge in [0.2, 0.25) is 10.0 Å². The Bertz CT molecular complexity index is 612.